The molecule has 0 aliphatic carbocycles. The topological polar surface area (TPSA) is 84.1 Å². The predicted molar refractivity (Wildman–Crippen MR) is 80.5 cm³/mol. The molecule has 1 aliphatic rings. The van der Waals surface area contributed by atoms with Crippen LogP contribution in [0.4, 0.5) is 5.00 Å². The van der Waals surface area contributed by atoms with Crippen molar-refractivity contribution < 1.29 is 4.79 Å². The first-order chi connectivity index (χ1) is 9.69. The van der Waals surface area contributed by atoms with E-state index in [9.17, 15) is 4.79 Å². The molecular formula is C13H23N5OS. The molecule has 1 aromatic rings. The van der Waals surface area contributed by atoms with Crippen LogP contribution < -0.4 is 11.1 Å². The fraction of sp³-hybridized carbons (Fsp3) is 0.769. The molecule has 0 spiro atoms. The van der Waals surface area contributed by atoms with E-state index in [0.29, 0.717) is 12.3 Å². The smallest absolute Gasteiger partial charge is 0.217 e. The van der Waals surface area contributed by atoms with Gasteiger partial charge in [-0.3, -0.25) is 9.69 Å². The van der Waals surface area contributed by atoms with Crippen LogP contribution in [-0.4, -0.2) is 40.0 Å². The van der Waals surface area contributed by atoms with Gasteiger partial charge in [0.25, 0.3) is 0 Å². The molecule has 1 amide bonds. The molecule has 0 bridgehead atoms. The summed E-state index contributed by atoms with van der Waals surface area (Å²) in [7, 11) is 0. The van der Waals surface area contributed by atoms with Gasteiger partial charge in [-0.05, 0) is 38.3 Å². The first-order valence-corrected chi connectivity index (χ1v) is 8.02. The van der Waals surface area contributed by atoms with E-state index < -0.39 is 0 Å². The van der Waals surface area contributed by atoms with Crippen molar-refractivity contribution in [1.29, 1.82) is 0 Å². The Morgan fingerprint density at radius 1 is 1.50 bits per heavy atom. The first kappa shape index (κ1) is 15.2. The van der Waals surface area contributed by atoms with Crippen LogP contribution in [-0.2, 0) is 11.3 Å². The number of aromatic nitrogens is 2. The van der Waals surface area contributed by atoms with Crippen LogP contribution in [0.3, 0.4) is 0 Å². The van der Waals surface area contributed by atoms with Crippen LogP contribution in [0.25, 0.3) is 0 Å². The van der Waals surface area contributed by atoms with Crippen molar-refractivity contribution >= 4 is 22.4 Å². The molecule has 0 saturated carbocycles. The summed E-state index contributed by atoms with van der Waals surface area (Å²) >= 11 is 1.43. The third-order valence-electron chi connectivity index (χ3n) is 3.66. The normalized spacial score (nSPS) is 17.2. The van der Waals surface area contributed by atoms with Gasteiger partial charge in [-0.1, -0.05) is 11.4 Å². The molecule has 0 radical (unpaired) electrons. The number of piperidine rings is 1. The largest absolute Gasteiger partial charge is 0.374 e. The lowest BCUT2D eigenvalue weighted by atomic mass is 9.93. The van der Waals surface area contributed by atoms with Crippen molar-refractivity contribution in [1.82, 2.24) is 14.5 Å². The minimum Gasteiger partial charge on any atom is -0.374 e. The Morgan fingerprint density at radius 3 is 2.90 bits per heavy atom. The number of nitrogens with two attached hydrogens (primary N) is 1. The predicted octanol–water partition coefficient (Wildman–Crippen LogP) is 1.45. The van der Waals surface area contributed by atoms with Crippen molar-refractivity contribution in [2.45, 2.75) is 39.2 Å². The van der Waals surface area contributed by atoms with E-state index in [1.807, 2.05) is 0 Å². The number of rotatable bonds is 7. The van der Waals surface area contributed by atoms with Crippen LogP contribution in [0.1, 0.15) is 38.3 Å². The second-order valence-electron chi connectivity index (χ2n) is 5.37. The van der Waals surface area contributed by atoms with Crippen molar-refractivity contribution in [2.75, 3.05) is 25.0 Å². The minimum absolute atomic E-state index is 0.182. The van der Waals surface area contributed by atoms with E-state index in [1.54, 1.807) is 0 Å². The molecule has 1 aliphatic heterocycles. The molecule has 1 saturated heterocycles. The SMILES string of the molecule is CCCNc1snnc1CN1CCC(CC(N)=O)CC1. The summed E-state index contributed by atoms with van der Waals surface area (Å²) < 4.78 is 4.04. The highest BCUT2D eigenvalue weighted by Gasteiger charge is 2.22. The second kappa shape index (κ2) is 7.54. The molecule has 0 aromatic carbocycles. The molecule has 1 aromatic heterocycles. The van der Waals surface area contributed by atoms with E-state index >= 15 is 0 Å². The van der Waals surface area contributed by atoms with Gasteiger partial charge < -0.3 is 11.1 Å². The standard InChI is InChI=1S/C13H23N5OS/c1-2-5-15-13-11(16-17-20-13)9-18-6-3-10(4-7-18)8-12(14)19/h10,15H,2-9H2,1H3,(H2,14,19). The summed E-state index contributed by atoms with van der Waals surface area (Å²) in [5, 5.41) is 8.68. The van der Waals surface area contributed by atoms with Gasteiger partial charge in [-0.2, -0.15) is 0 Å². The van der Waals surface area contributed by atoms with Crippen molar-refractivity contribution in [2.24, 2.45) is 11.7 Å². The molecule has 2 heterocycles. The second-order valence-corrected chi connectivity index (χ2v) is 6.12. The molecule has 112 valence electrons. The average molecular weight is 297 g/mol. The van der Waals surface area contributed by atoms with Gasteiger partial charge in [0, 0.05) is 31.0 Å². The maximum atomic E-state index is 10.9. The summed E-state index contributed by atoms with van der Waals surface area (Å²) in [6.45, 7) is 5.94. The molecule has 2 rings (SSSR count). The summed E-state index contributed by atoms with van der Waals surface area (Å²) in [6.07, 6.45) is 3.70. The lowest BCUT2D eigenvalue weighted by Gasteiger charge is -2.30. The van der Waals surface area contributed by atoms with Crippen LogP contribution in [0, 0.1) is 5.92 Å². The summed E-state index contributed by atoms with van der Waals surface area (Å²) in [5.41, 5.74) is 6.29. The third-order valence-corrected chi connectivity index (χ3v) is 4.39. The van der Waals surface area contributed by atoms with Gasteiger partial charge in [0.1, 0.15) is 10.7 Å². The number of hydrogen-bond donors (Lipinski definition) is 2. The molecular weight excluding hydrogens is 274 g/mol. The van der Waals surface area contributed by atoms with Crippen LogP contribution in [0.15, 0.2) is 0 Å². The molecule has 0 unspecified atom stereocenters. The third kappa shape index (κ3) is 4.42. The van der Waals surface area contributed by atoms with E-state index in [4.69, 9.17) is 5.73 Å². The lowest BCUT2D eigenvalue weighted by Crippen LogP contribution is -2.34. The number of carbonyl (C=O) groups is 1. The monoisotopic (exact) mass is 297 g/mol. The Morgan fingerprint density at radius 2 is 2.25 bits per heavy atom. The van der Waals surface area contributed by atoms with Crippen LogP contribution in [0.2, 0.25) is 0 Å². The molecule has 0 atom stereocenters. The van der Waals surface area contributed by atoms with Gasteiger partial charge in [0.05, 0.1) is 0 Å². The number of nitrogens with one attached hydrogen (secondary N) is 1. The van der Waals surface area contributed by atoms with E-state index in [0.717, 1.165) is 56.1 Å². The number of amides is 1. The molecule has 20 heavy (non-hydrogen) atoms. The van der Waals surface area contributed by atoms with Gasteiger partial charge in [0.15, 0.2) is 0 Å². The minimum atomic E-state index is -0.182. The van der Waals surface area contributed by atoms with Crippen LogP contribution >= 0.6 is 11.5 Å². The Balaban J connectivity index is 1.80. The Bertz CT molecular complexity index is 428. The molecule has 1 fully saturated rings. The van der Waals surface area contributed by atoms with Gasteiger partial charge in [0.2, 0.25) is 5.91 Å². The van der Waals surface area contributed by atoms with E-state index in [-0.39, 0.29) is 5.91 Å². The Labute approximate surface area is 123 Å². The highest BCUT2D eigenvalue weighted by molar-refractivity contribution is 7.10. The zero-order chi connectivity index (χ0) is 14.4. The summed E-state index contributed by atoms with van der Waals surface area (Å²) in [6, 6.07) is 0. The molecule has 3 N–H and O–H groups in total. The number of likely N-dealkylation sites (tertiary alicyclic amines) is 1. The van der Waals surface area contributed by atoms with Crippen molar-refractivity contribution in [3.63, 3.8) is 0 Å². The zero-order valence-corrected chi connectivity index (χ0v) is 12.8. The highest BCUT2D eigenvalue weighted by atomic mass is 32.1. The average Bonchev–Trinajstić information content (AvgIpc) is 2.85. The zero-order valence-electron chi connectivity index (χ0n) is 12.0. The van der Waals surface area contributed by atoms with Gasteiger partial charge >= 0.3 is 0 Å². The molecule has 6 nitrogen and oxygen atoms in total. The first-order valence-electron chi connectivity index (χ1n) is 7.24. The number of carbonyl (C=O) groups excluding carboxylic acids is 1. The maximum Gasteiger partial charge on any atom is 0.217 e. The fourth-order valence-electron chi connectivity index (χ4n) is 2.53. The van der Waals surface area contributed by atoms with Crippen molar-refractivity contribution in [3.05, 3.63) is 5.69 Å². The molecule has 7 heteroatoms. The number of primary amides is 1. The maximum absolute atomic E-state index is 10.9. The Hall–Kier alpha value is -1.21. The van der Waals surface area contributed by atoms with Gasteiger partial charge in [-0.15, -0.1) is 5.10 Å². The quantitative estimate of drug-likeness (QED) is 0.795. The summed E-state index contributed by atoms with van der Waals surface area (Å²) in [4.78, 5) is 13.3. The highest BCUT2D eigenvalue weighted by Crippen LogP contribution is 2.24. The van der Waals surface area contributed by atoms with Crippen LogP contribution in [0.5, 0.6) is 0 Å². The number of hydrogen-bond acceptors (Lipinski definition) is 6. The number of nitrogens with zero attached hydrogens (tertiary/aromatic N) is 3. The Kier molecular flexibility index (Phi) is 5.72. The fourth-order valence-corrected chi connectivity index (χ4v) is 3.13. The lowest BCUT2D eigenvalue weighted by molar-refractivity contribution is -0.119. The number of anilines is 1. The van der Waals surface area contributed by atoms with E-state index in [1.165, 1.54) is 11.5 Å². The van der Waals surface area contributed by atoms with Gasteiger partial charge in [-0.25, -0.2) is 0 Å². The van der Waals surface area contributed by atoms with Crippen molar-refractivity contribution in [3.8, 4) is 0 Å². The van der Waals surface area contributed by atoms with E-state index in [2.05, 4.69) is 26.7 Å². The summed E-state index contributed by atoms with van der Waals surface area (Å²) in [5.74, 6) is 0.271.